The lowest BCUT2D eigenvalue weighted by Crippen LogP contribution is -1.98. The van der Waals surface area contributed by atoms with Crippen molar-refractivity contribution in [2.45, 2.75) is 12.8 Å². The van der Waals surface area contributed by atoms with Crippen LogP contribution in [0.2, 0.25) is 0 Å². The predicted octanol–water partition coefficient (Wildman–Crippen LogP) is 3.24. The number of hydrogen-bond donors (Lipinski definition) is 0. The molecule has 0 saturated carbocycles. The number of ether oxygens (including phenoxy) is 1. The largest absolute Gasteiger partial charge is 0.497 e. The lowest BCUT2D eigenvalue weighted by molar-refractivity contribution is 0.414. The highest BCUT2D eigenvalue weighted by Gasteiger charge is 2.08. The summed E-state index contributed by atoms with van der Waals surface area (Å²) in [5.74, 6) is 1.20. The first-order valence-electron chi connectivity index (χ1n) is 5.36. The normalized spacial score (nSPS) is 12.1. The molecule has 0 N–H and O–H groups in total. The van der Waals surface area contributed by atoms with Crippen LogP contribution in [0.3, 0.4) is 0 Å². The molecule has 1 aromatic heterocycles. The number of methoxy groups -OCH3 is 1. The van der Waals surface area contributed by atoms with E-state index in [1.54, 1.807) is 7.11 Å². The van der Waals surface area contributed by atoms with Crippen LogP contribution in [-0.2, 0) is 0 Å². The highest BCUT2D eigenvalue weighted by molar-refractivity contribution is 5.33. The van der Waals surface area contributed by atoms with Gasteiger partial charge in [-0.25, -0.2) is 0 Å². The fourth-order valence-electron chi connectivity index (χ4n) is 1.70. The minimum atomic E-state index is 0.312. The monoisotopic (exact) mass is 213 g/mol. The molecule has 16 heavy (non-hydrogen) atoms. The summed E-state index contributed by atoms with van der Waals surface area (Å²) in [5.41, 5.74) is 2.34. The summed E-state index contributed by atoms with van der Waals surface area (Å²) in [6.07, 6.45) is 1.83. The van der Waals surface area contributed by atoms with Gasteiger partial charge >= 0.3 is 0 Å². The van der Waals surface area contributed by atoms with Crippen LogP contribution in [0.4, 0.5) is 0 Å². The molecule has 0 radical (unpaired) electrons. The zero-order valence-corrected chi connectivity index (χ0v) is 9.55. The van der Waals surface area contributed by atoms with Gasteiger partial charge < -0.3 is 4.74 Å². The molecule has 0 aliphatic rings. The van der Waals surface area contributed by atoms with Crippen LogP contribution in [0.25, 0.3) is 0 Å². The van der Waals surface area contributed by atoms with Crippen molar-refractivity contribution in [2.24, 2.45) is 0 Å². The second kappa shape index (κ2) is 4.79. The highest BCUT2D eigenvalue weighted by Crippen LogP contribution is 2.23. The average molecular weight is 213 g/mol. The molecule has 1 unspecified atom stereocenters. The lowest BCUT2D eigenvalue weighted by atomic mass is 9.97. The van der Waals surface area contributed by atoms with Crippen molar-refractivity contribution in [1.29, 1.82) is 0 Å². The molecule has 2 rings (SSSR count). The number of rotatable bonds is 3. The molecule has 1 heterocycles. The third kappa shape index (κ3) is 2.22. The molecule has 0 aliphatic carbocycles. The summed E-state index contributed by atoms with van der Waals surface area (Å²) in [6, 6.07) is 14.1. The standard InChI is InChI=1S/C14H15NO/c1-11(14-5-3-4-10-15-14)12-6-8-13(16-2)9-7-12/h3-11H,1-2H3. The van der Waals surface area contributed by atoms with Crippen molar-refractivity contribution in [3.05, 3.63) is 59.9 Å². The molecule has 0 saturated heterocycles. The Bertz CT molecular complexity index is 436. The molecular weight excluding hydrogens is 198 g/mol. The summed E-state index contributed by atoms with van der Waals surface area (Å²) >= 11 is 0. The van der Waals surface area contributed by atoms with Crippen LogP contribution in [0.1, 0.15) is 24.1 Å². The van der Waals surface area contributed by atoms with Gasteiger partial charge in [0.05, 0.1) is 7.11 Å². The lowest BCUT2D eigenvalue weighted by Gasteiger charge is -2.11. The number of benzene rings is 1. The Kier molecular flexibility index (Phi) is 3.20. The second-order valence-electron chi connectivity index (χ2n) is 3.75. The van der Waals surface area contributed by atoms with Crippen molar-refractivity contribution >= 4 is 0 Å². The molecule has 1 aromatic carbocycles. The van der Waals surface area contributed by atoms with Crippen LogP contribution < -0.4 is 4.74 Å². The minimum Gasteiger partial charge on any atom is -0.497 e. The van der Waals surface area contributed by atoms with Crippen LogP contribution in [0.5, 0.6) is 5.75 Å². The SMILES string of the molecule is COc1ccc(C(C)c2ccccn2)cc1. The molecule has 0 fully saturated rings. The van der Waals surface area contributed by atoms with Crippen molar-refractivity contribution < 1.29 is 4.74 Å². The Balaban J connectivity index is 2.24. The van der Waals surface area contributed by atoms with Crippen LogP contribution >= 0.6 is 0 Å². The topological polar surface area (TPSA) is 22.1 Å². The third-order valence-corrected chi connectivity index (χ3v) is 2.75. The average Bonchev–Trinajstić information content (AvgIpc) is 2.39. The Morgan fingerprint density at radius 3 is 2.38 bits per heavy atom. The first-order chi connectivity index (χ1) is 7.81. The Morgan fingerprint density at radius 1 is 1.06 bits per heavy atom. The molecule has 1 atom stereocenters. The summed E-state index contributed by atoms with van der Waals surface area (Å²) in [6.45, 7) is 2.16. The maximum Gasteiger partial charge on any atom is 0.118 e. The number of pyridine rings is 1. The molecule has 0 amide bonds. The summed E-state index contributed by atoms with van der Waals surface area (Å²) in [4.78, 5) is 4.37. The fraction of sp³-hybridized carbons (Fsp3) is 0.214. The number of nitrogens with zero attached hydrogens (tertiary/aromatic N) is 1. The van der Waals surface area contributed by atoms with Crippen molar-refractivity contribution in [1.82, 2.24) is 4.98 Å². The van der Waals surface area contributed by atoms with Gasteiger partial charge in [0.2, 0.25) is 0 Å². The van der Waals surface area contributed by atoms with Crippen LogP contribution in [0, 0.1) is 0 Å². The first kappa shape index (κ1) is 10.7. The smallest absolute Gasteiger partial charge is 0.118 e. The number of hydrogen-bond acceptors (Lipinski definition) is 2. The van der Waals surface area contributed by atoms with E-state index < -0.39 is 0 Å². The van der Waals surface area contributed by atoms with E-state index >= 15 is 0 Å². The van der Waals surface area contributed by atoms with Gasteiger partial charge in [0.25, 0.3) is 0 Å². The summed E-state index contributed by atoms with van der Waals surface area (Å²) in [7, 11) is 1.68. The van der Waals surface area contributed by atoms with E-state index in [2.05, 4.69) is 30.1 Å². The number of aromatic nitrogens is 1. The second-order valence-corrected chi connectivity index (χ2v) is 3.75. The van der Waals surface area contributed by atoms with Gasteiger partial charge in [0.1, 0.15) is 5.75 Å². The van der Waals surface area contributed by atoms with Gasteiger partial charge in [0, 0.05) is 17.8 Å². The molecule has 82 valence electrons. The Labute approximate surface area is 95.9 Å². The molecule has 0 aliphatic heterocycles. The van der Waals surface area contributed by atoms with Crippen LogP contribution in [-0.4, -0.2) is 12.1 Å². The van der Waals surface area contributed by atoms with Crippen molar-refractivity contribution in [2.75, 3.05) is 7.11 Å². The highest BCUT2D eigenvalue weighted by atomic mass is 16.5. The van der Waals surface area contributed by atoms with Gasteiger partial charge in [0.15, 0.2) is 0 Å². The maximum atomic E-state index is 5.14. The maximum absolute atomic E-state index is 5.14. The van der Waals surface area contributed by atoms with Crippen molar-refractivity contribution in [3.63, 3.8) is 0 Å². The van der Waals surface area contributed by atoms with E-state index in [9.17, 15) is 0 Å². The molecule has 2 aromatic rings. The molecule has 0 bridgehead atoms. The minimum absolute atomic E-state index is 0.312. The molecular formula is C14H15NO. The third-order valence-electron chi connectivity index (χ3n) is 2.75. The van der Waals surface area contributed by atoms with E-state index in [4.69, 9.17) is 4.74 Å². The molecule has 2 heteroatoms. The Morgan fingerprint density at radius 2 is 1.81 bits per heavy atom. The van der Waals surface area contributed by atoms with E-state index in [1.807, 2.05) is 30.5 Å². The first-order valence-corrected chi connectivity index (χ1v) is 5.36. The fourth-order valence-corrected chi connectivity index (χ4v) is 1.70. The van der Waals surface area contributed by atoms with E-state index in [0.717, 1.165) is 11.4 Å². The van der Waals surface area contributed by atoms with Crippen molar-refractivity contribution in [3.8, 4) is 5.75 Å². The van der Waals surface area contributed by atoms with Crippen LogP contribution in [0.15, 0.2) is 48.7 Å². The van der Waals surface area contributed by atoms with Gasteiger partial charge in [-0.05, 0) is 29.8 Å². The van der Waals surface area contributed by atoms with Gasteiger partial charge in [-0.2, -0.15) is 0 Å². The Hall–Kier alpha value is -1.83. The molecule has 0 spiro atoms. The quantitative estimate of drug-likeness (QED) is 0.780. The van der Waals surface area contributed by atoms with Gasteiger partial charge in [-0.3, -0.25) is 4.98 Å². The zero-order valence-electron chi connectivity index (χ0n) is 9.55. The van der Waals surface area contributed by atoms with E-state index in [1.165, 1.54) is 5.56 Å². The van der Waals surface area contributed by atoms with E-state index in [0.29, 0.717) is 5.92 Å². The molecule has 2 nitrogen and oxygen atoms in total. The summed E-state index contributed by atoms with van der Waals surface area (Å²) < 4.78 is 5.14. The van der Waals surface area contributed by atoms with Gasteiger partial charge in [-0.1, -0.05) is 25.1 Å². The van der Waals surface area contributed by atoms with E-state index in [-0.39, 0.29) is 0 Å². The summed E-state index contributed by atoms with van der Waals surface area (Å²) in [5, 5.41) is 0. The zero-order chi connectivity index (χ0) is 11.4. The predicted molar refractivity (Wildman–Crippen MR) is 64.7 cm³/mol. The van der Waals surface area contributed by atoms with Gasteiger partial charge in [-0.15, -0.1) is 0 Å².